The zero-order chi connectivity index (χ0) is 14.1. The lowest BCUT2D eigenvalue weighted by molar-refractivity contribution is -0.120. The zero-order valence-electron chi connectivity index (χ0n) is 11.5. The lowest BCUT2D eigenvalue weighted by Gasteiger charge is -2.23. The number of carbonyl (C=O) groups is 1. The minimum absolute atomic E-state index is 0.151. The van der Waals surface area contributed by atoms with E-state index in [1.165, 1.54) is 0 Å². The second-order valence-electron chi connectivity index (χ2n) is 4.74. The Bertz CT molecular complexity index is 380. The van der Waals surface area contributed by atoms with E-state index in [0.29, 0.717) is 13.0 Å². The van der Waals surface area contributed by atoms with Gasteiger partial charge in [-0.05, 0) is 19.1 Å². The monoisotopic (exact) mass is 266 g/mol. The van der Waals surface area contributed by atoms with Gasteiger partial charge in [-0.25, -0.2) is 0 Å². The van der Waals surface area contributed by atoms with Gasteiger partial charge in [0.05, 0.1) is 12.1 Å². The molecule has 0 heterocycles. The van der Waals surface area contributed by atoms with Crippen molar-refractivity contribution >= 4 is 11.6 Å². The number of hydrogen-bond acceptors (Lipinski definition) is 4. The van der Waals surface area contributed by atoms with Crippen LogP contribution < -0.4 is 10.6 Å². The third kappa shape index (κ3) is 6.79. The molecule has 1 rings (SSSR count). The highest BCUT2D eigenvalue weighted by Crippen LogP contribution is 2.07. The van der Waals surface area contributed by atoms with Crippen molar-refractivity contribution in [3.63, 3.8) is 0 Å². The molecule has 1 aromatic rings. The highest BCUT2D eigenvalue weighted by molar-refractivity contribution is 5.80. The molecule has 1 unspecified atom stereocenters. The first-order chi connectivity index (χ1) is 9.03. The second-order valence-corrected chi connectivity index (χ2v) is 4.74. The van der Waals surface area contributed by atoms with E-state index in [-0.39, 0.29) is 19.0 Å². The molecule has 0 bridgehead atoms. The van der Waals surface area contributed by atoms with E-state index in [9.17, 15) is 9.90 Å². The topological polar surface area (TPSA) is 70.6 Å². The van der Waals surface area contributed by atoms with Gasteiger partial charge in [0, 0.05) is 32.4 Å². The molecule has 5 nitrogen and oxygen atoms in total. The van der Waals surface area contributed by atoms with E-state index < -0.39 is 5.60 Å². The second kappa shape index (κ2) is 7.76. The van der Waals surface area contributed by atoms with Crippen LogP contribution in [-0.2, 0) is 9.53 Å². The molecule has 0 fully saturated rings. The summed E-state index contributed by atoms with van der Waals surface area (Å²) in [4.78, 5) is 11.6. The fraction of sp³-hybridized carbons (Fsp3) is 0.500. The number of benzene rings is 1. The van der Waals surface area contributed by atoms with Gasteiger partial charge in [0.25, 0.3) is 0 Å². The van der Waals surface area contributed by atoms with E-state index in [4.69, 9.17) is 4.74 Å². The number of methoxy groups -OCH3 is 1. The molecule has 0 radical (unpaired) electrons. The first-order valence-corrected chi connectivity index (χ1v) is 6.30. The fourth-order valence-electron chi connectivity index (χ4n) is 1.50. The van der Waals surface area contributed by atoms with Crippen LogP contribution in [0.15, 0.2) is 30.3 Å². The Labute approximate surface area is 114 Å². The Hall–Kier alpha value is -1.59. The van der Waals surface area contributed by atoms with Crippen molar-refractivity contribution in [3.05, 3.63) is 30.3 Å². The van der Waals surface area contributed by atoms with Gasteiger partial charge in [0.1, 0.15) is 0 Å². The van der Waals surface area contributed by atoms with Crippen LogP contribution in [0.4, 0.5) is 5.69 Å². The molecule has 5 heteroatoms. The van der Waals surface area contributed by atoms with Crippen LogP contribution >= 0.6 is 0 Å². The Morgan fingerprint density at radius 2 is 2.05 bits per heavy atom. The number of nitrogens with one attached hydrogen (secondary N) is 2. The van der Waals surface area contributed by atoms with Gasteiger partial charge in [-0.2, -0.15) is 0 Å². The summed E-state index contributed by atoms with van der Waals surface area (Å²) in [6.07, 6.45) is 0.482. The summed E-state index contributed by atoms with van der Waals surface area (Å²) in [5, 5.41) is 15.7. The van der Waals surface area contributed by atoms with E-state index in [1.807, 2.05) is 30.3 Å². The van der Waals surface area contributed by atoms with Gasteiger partial charge in [-0.3, -0.25) is 4.79 Å². The number of carbonyl (C=O) groups excluding carboxylic acids is 1. The largest absolute Gasteiger partial charge is 0.388 e. The summed E-state index contributed by atoms with van der Waals surface area (Å²) in [6, 6.07) is 9.49. The molecule has 0 spiro atoms. The molecular formula is C14H22N2O3. The predicted octanol–water partition coefficient (Wildman–Crippen LogP) is 1.00. The van der Waals surface area contributed by atoms with Crippen LogP contribution in [0.5, 0.6) is 0 Å². The van der Waals surface area contributed by atoms with Gasteiger partial charge < -0.3 is 20.5 Å². The molecule has 0 aliphatic heterocycles. The third-order valence-electron chi connectivity index (χ3n) is 2.74. The maximum Gasteiger partial charge on any atom is 0.239 e. The van der Waals surface area contributed by atoms with Crippen molar-refractivity contribution < 1.29 is 14.6 Å². The Morgan fingerprint density at radius 3 is 2.68 bits per heavy atom. The molecule has 0 saturated heterocycles. The molecule has 0 aliphatic rings. The molecule has 1 amide bonds. The standard InChI is InChI=1S/C14H22N2O3/c1-14(18,8-9-19-2)11-16-13(17)10-15-12-6-4-3-5-7-12/h3-7,15,18H,8-11H2,1-2H3,(H,16,17). The number of para-hydroxylation sites is 1. The van der Waals surface area contributed by atoms with Crippen molar-refractivity contribution in [2.45, 2.75) is 18.9 Å². The Morgan fingerprint density at radius 1 is 1.37 bits per heavy atom. The van der Waals surface area contributed by atoms with E-state index in [1.54, 1.807) is 14.0 Å². The lowest BCUT2D eigenvalue weighted by atomic mass is 10.0. The molecule has 3 N–H and O–H groups in total. The number of amides is 1. The van der Waals surface area contributed by atoms with Crippen molar-refractivity contribution in [2.75, 3.05) is 32.1 Å². The normalized spacial score (nSPS) is 13.6. The Balaban J connectivity index is 2.24. The van der Waals surface area contributed by atoms with Crippen LogP contribution in [0, 0.1) is 0 Å². The van der Waals surface area contributed by atoms with E-state index in [2.05, 4.69) is 10.6 Å². The zero-order valence-corrected chi connectivity index (χ0v) is 11.5. The quantitative estimate of drug-likeness (QED) is 0.656. The first kappa shape index (κ1) is 15.5. The summed E-state index contributed by atoms with van der Waals surface area (Å²) >= 11 is 0. The Kier molecular flexibility index (Phi) is 6.32. The van der Waals surface area contributed by atoms with Gasteiger partial charge in [-0.15, -0.1) is 0 Å². The third-order valence-corrected chi connectivity index (χ3v) is 2.74. The minimum Gasteiger partial charge on any atom is -0.388 e. The molecule has 1 atom stereocenters. The number of rotatable bonds is 8. The fourth-order valence-corrected chi connectivity index (χ4v) is 1.50. The predicted molar refractivity (Wildman–Crippen MR) is 75.1 cm³/mol. The van der Waals surface area contributed by atoms with Gasteiger partial charge in [0.2, 0.25) is 5.91 Å². The van der Waals surface area contributed by atoms with Gasteiger partial charge in [0.15, 0.2) is 0 Å². The minimum atomic E-state index is -0.946. The van der Waals surface area contributed by atoms with Crippen molar-refractivity contribution in [1.29, 1.82) is 0 Å². The average molecular weight is 266 g/mol. The van der Waals surface area contributed by atoms with E-state index >= 15 is 0 Å². The van der Waals surface area contributed by atoms with Crippen LogP contribution in [0.3, 0.4) is 0 Å². The molecular weight excluding hydrogens is 244 g/mol. The first-order valence-electron chi connectivity index (χ1n) is 6.30. The van der Waals surface area contributed by atoms with Crippen molar-refractivity contribution in [3.8, 4) is 0 Å². The van der Waals surface area contributed by atoms with Crippen LogP contribution in [0.2, 0.25) is 0 Å². The number of hydrogen-bond donors (Lipinski definition) is 3. The van der Waals surface area contributed by atoms with Crippen molar-refractivity contribution in [2.24, 2.45) is 0 Å². The van der Waals surface area contributed by atoms with Crippen LogP contribution in [-0.4, -0.2) is 43.4 Å². The number of ether oxygens (including phenoxy) is 1. The highest BCUT2D eigenvalue weighted by atomic mass is 16.5. The smallest absolute Gasteiger partial charge is 0.239 e. The lowest BCUT2D eigenvalue weighted by Crippen LogP contribution is -2.43. The molecule has 0 aliphatic carbocycles. The highest BCUT2D eigenvalue weighted by Gasteiger charge is 2.20. The maximum absolute atomic E-state index is 11.6. The maximum atomic E-state index is 11.6. The SMILES string of the molecule is COCCC(C)(O)CNC(=O)CNc1ccccc1. The molecule has 1 aromatic carbocycles. The van der Waals surface area contributed by atoms with Crippen LogP contribution in [0.1, 0.15) is 13.3 Å². The molecule has 0 aromatic heterocycles. The summed E-state index contributed by atoms with van der Waals surface area (Å²) in [7, 11) is 1.58. The summed E-state index contributed by atoms with van der Waals surface area (Å²) < 4.78 is 4.90. The summed E-state index contributed by atoms with van der Waals surface area (Å²) in [6.45, 7) is 2.54. The van der Waals surface area contributed by atoms with Gasteiger partial charge >= 0.3 is 0 Å². The summed E-state index contributed by atoms with van der Waals surface area (Å²) in [5.41, 5.74) is -0.0536. The summed E-state index contributed by atoms with van der Waals surface area (Å²) in [5.74, 6) is -0.151. The van der Waals surface area contributed by atoms with E-state index in [0.717, 1.165) is 5.69 Å². The average Bonchev–Trinajstić information content (AvgIpc) is 2.42. The van der Waals surface area contributed by atoms with Crippen LogP contribution in [0.25, 0.3) is 0 Å². The van der Waals surface area contributed by atoms with Gasteiger partial charge in [-0.1, -0.05) is 18.2 Å². The molecule has 106 valence electrons. The molecule has 19 heavy (non-hydrogen) atoms. The number of aliphatic hydroxyl groups is 1. The van der Waals surface area contributed by atoms with Crippen molar-refractivity contribution in [1.82, 2.24) is 5.32 Å². The molecule has 0 saturated carbocycles. The number of anilines is 1.